The minimum absolute atomic E-state index is 0.840. The highest BCUT2D eigenvalue weighted by molar-refractivity contribution is 5.07. The molecular weight excluding hydrogens is 200 g/mol. The zero-order chi connectivity index (χ0) is 11.2. The largest absolute Gasteiger partial charge is 0.448 e. The summed E-state index contributed by atoms with van der Waals surface area (Å²) < 4.78 is 5.47. The zero-order valence-electron chi connectivity index (χ0n) is 10.2. The molecule has 0 aliphatic heterocycles. The third-order valence-corrected chi connectivity index (χ3v) is 3.52. The van der Waals surface area contributed by atoms with Crippen molar-refractivity contribution in [2.45, 2.75) is 52.0 Å². The van der Waals surface area contributed by atoms with Crippen LogP contribution < -0.4 is 5.32 Å². The highest BCUT2D eigenvalue weighted by atomic mass is 16.3. The van der Waals surface area contributed by atoms with E-state index in [1.165, 1.54) is 32.1 Å². The van der Waals surface area contributed by atoms with Crippen LogP contribution in [-0.4, -0.2) is 11.5 Å². The van der Waals surface area contributed by atoms with Crippen molar-refractivity contribution in [3.05, 3.63) is 17.8 Å². The molecule has 0 spiro atoms. The van der Waals surface area contributed by atoms with E-state index in [1.54, 1.807) is 6.39 Å². The summed E-state index contributed by atoms with van der Waals surface area (Å²) in [6.07, 6.45) is 9.58. The van der Waals surface area contributed by atoms with Crippen LogP contribution in [-0.2, 0) is 13.0 Å². The van der Waals surface area contributed by atoms with Crippen LogP contribution in [0.4, 0.5) is 0 Å². The molecule has 1 saturated carbocycles. The number of oxazole rings is 1. The Bertz CT molecular complexity index is 303. The third-order valence-electron chi connectivity index (χ3n) is 3.52. The van der Waals surface area contributed by atoms with E-state index in [1.807, 2.05) is 0 Å². The Hall–Kier alpha value is -0.830. The Morgan fingerprint density at radius 3 is 3.00 bits per heavy atom. The van der Waals surface area contributed by atoms with Crippen LogP contribution in [0.5, 0.6) is 0 Å². The molecule has 1 aliphatic carbocycles. The molecule has 16 heavy (non-hydrogen) atoms. The van der Waals surface area contributed by atoms with Crippen molar-refractivity contribution in [3.8, 4) is 0 Å². The fourth-order valence-electron chi connectivity index (χ4n) is 2.52. The molecule has 1 N–H and O–H groups in total. The lowest BCUT2D eigenvalue weighted by Gasteiger charge is -2.07. The molecule has 0 unspecified atom stereocenters. The second-order valence-electron chi connectivity index (χ2n) is 4.69. The van der Waals surface area contributed by atoms with Gasteiger partial charge >= 0.3 is 0 Å². The highest BCUT2D eigenvalue weighted by Gasteiger charge is 2.16. The number of aromatic nitrogens is 1. The van der Waals surface area contributed by atoms with E-state index in [-0.39, 0.29) is 0 Å². The standard InChI is InChI=1S/C13H22N2O/c1-2-14-9-12-13(16-10-15-12)8-7-11-5-3-4-6-11/h10-11,14H,2-9H2,1H3. The molecule has 0 saturated heterocycles. The van der Waals surface area contributed by atoms with Gasteiger partial charge in [0.1, 0.15) is 5.76 Å². The number of nitrogens with zero attached hydrogens (tertiary/aromatic N) is 1. The summed E-state index contributed by atoms with van der Waals surface area (Å²) in [4.78, 5) is 4.27. The van der Waals surface area contributed by atoms with Gasteiger partial charge in [-0.2, -0.15) is 0 Å². The molecule has 0 bridgehead atoms. The van der Waals surface area contributed by atoms with E-state index in [0.717, 1.165) is 36.9 Å². The number of nitrogens with one attached hydrogen (secondary N) is 1. The Kier molecular flexibility index (Phi) is 4.40. The maximum atomic E-state index is 5.47. The van der Waals surface area contributed by atoms with Crippen LogP contribution in [0.1, 0.15) is 50.5 Å². The smallest absolute Gasteiger partial charge is 0.181 e. The van der Waals surface area contributed by atoms with Crippen LogP contribution in [0, 0.1) is 5.92 Å². The summed E-state index contributed by atoms with van der Waals surface area (Å²) in [5.74, 6) is 2.02. The van der Waals surface area contributed by atoms with Crippen molar-refractivity contribution in [2.75, 3.05) is 6.54 Å². The first-order chi connectivity index (χ1) is 7.90. The Labute approximate surface area is 97.6 Å². The monoisotopic (exact) mass is 222 g/mol. The van der Waals surface area contributed by atoms with Crippen LogP contribution >= 0.6 is 0 Å². The average molecular weight is 222 g/mol. The second kappa shape index (κ2) is 6.04. The number of rotatable bonds is 6. The van der Waals surface area contributed by atoms with E-state index in [2.05, 4.69) is 17.2 Å². The van der Waals surface area contributed by atoms with Crippen molar-refractivity contribution < 1.29 is 4.42 Å². The molecule has 90 valence electrons. The summed E-state index contributed by atoms with van der Waals surface area (Å²) in [6.45, 7) is 3.93. The normalized spacial score (nSPS) is 17.1. The van der Waals surface area contributed by atoms with Crippen molar-refractivity contribution in [3.63, 3.8) is 0 Å². The van der Waals surface area contributed by atoms with E-state index in [0.29, 0.717) is 0 Å². The van der Waals surface area contributed by atoms with Crippen molar-refractivity contribution in [1.82, 2.24) is 10.3 Å². The maximum Gasteiger partial charge on any atom is 0.181 e. The van der Waals surface area contributed by atoms with Gasteiger partial charge in [0.15, 0.2) is 6.39 Å². The molecule has 1 aromatic rings. The van der Waals surface area contributed by atoms with Crippen LogP contribution in [0.2, 0.25) is 0 Å². The van der Waals surface area contributed by atoms with Crippen molar-refractivity contribution in [2.24, 2.45) is 5.92 Å². The minimum atomic E-state index is 0.840. The van der Waals surface area contributed by atoms with Gasteiger partial charge in [0.2, 0.25) is 0 Å². The lowest BCUT2D eigenvalue weighted by molar-refractivity contribution is 0.442. The maximum absolute atomic E-state index is 5.47. The van der Waals surface area contributed by atoms with E-state index in [9.17, 15) is 0 Å². The fraction of sp³-hybridized carbons (Fsp3) is 0.769. The first-order valence-corrected chi connectivity index (χ1v) is 6.52. The van der Waals surface area contributed by atoms with Gasteiger partial charge in [0.25, 0.3) is 0 Å². The summed E-state index contributed by atoms with van der Waals surface area (Å²) in [5, 5.41) is 3.30. The summed E-state index contributed by atoms with van der Waals surface area (Å²) >= 11 is 0. The number of hydrogen-bond acceptors (Lipinski definition) is 3. The minimum Gasteiger partial charge on any atom is -0.448 e. The lowest BCUT2D eigenvalue weighted by atomic mass is 10.0. The van der Waals surface area contributed by atoms with E-state index in [4.69, 9.17) is 4.42 Å². The number of hydrogen-bond donors (Lipinski definition) is 1. The summed E-state index contributed by atoms with van der Waals surface area (Å²) in [5.41, 5.74) is 1.10. The molecular formula is C13H22N2O. The number of aryl methyl sites for hydroxylation is 1. The van der Waals surface area contributed by atoms with Crippen LogP contribution in [0.25, 0.3) is 0 Å². The molecule has 1 aromatic heterocycles. The average Bonchev–Trinajstić information content (AvgIpc) is 2.94. The molecule has 1 fully saturated rings. The molecule has 0 aromatic carbocycles. The highest BCUT2D eigenvalue weighted by Crippen LogP contribution is 2.29. The van der Waals surface area contributed by atoms with E-state index < -0.39 is 0 Å². The van der Waals surface area contributed by atoms with Gasteiger partial charge in [-0.25, -0.2) is 4.98 Å². The summed E-state index contributed by atoms with van der Waals surface area (Å²) in [7, 11) is 0. The predicted octanol–water partition coefficient (Wildman–Crippen LogP) is 2.91. The second-order valence-corrected chi connectivity index (χ2v) is 4.69. The molecule has 0 radical (unpaired) electrons. The SMILES string of the molecule is CCNCc1ncoc1CCC1CCCC1. The van der Waals surface area contributed by atoms with Crippen LogP contribution in [0.15, 0.2) is 10.8 Å². The first kappa shape index (κ1) is 11.6. The Morgan fingerprint density at radius 1 is 1.44 bits per heavy atom. The van der Waals surface area contributed by atoms with Gasteiger partial charge in [-0.15, -0.1) is 0 Å². The van der Waals surface area contributed by atoms with Gasteiger partial charge in [0, 0.05) is 13.0 Å². The third kappa shape index (κ3) is 3.08. The quantitative estimate of drug-likeness (QED) is 0.804. The molecule has 1 heterocycles. The first-order valence-electron chi connectivity index (χ1n) is 6.52. The molecule has 0 atom stereocenters. The van der Waals surface area contributed by atoms with Crippen molar-refractivity contribution in [1.29, 1.82) is 0 Å². The van der Waals surface area contributed by atoms with Gasteiger partial charge in [0.05, 0.1) is 5.69 Å². The molecule has 3 heteroatoms. The molecule has 3 nitrogen and oxygen atoms in total. The van der Waals surface area contributed by atoms with E-state index >= 15 is 0 Å². The lowest BCUT2D eigenvalue weighted by Crippen LogP contribution is -2.13. The topological polar surface area (TPSA) is 38.1 Å². The zero-order valence-corrected chi connectivity index (χ0v) is 10.2. The van der Waals surface area contributed by atoms with Gasteiger partial charge in [-0.3, -0.25) is 0 Å². The molecule has 0 amide bonds. The van der Waals surface area contributed by atoms with Gasteiger partial charge < -0.3 is 9.73 Å². The fourth-order valence-corrected chi connectivity index (χ4v) is 2.52. The predicted molar refractivity (Wildman–Crippen MR) is 64.2 cm³/mol. The molecule has 2 rings (SSSR count). The van der Waals surface area contributed by atoms with Gasteiger partial charge in [-0.1, -0.05) is 32.6 Å². The van der Waals surface area contributed by atoms with Crippen LogP contribution in [0.3, 0.4) is 0 Å². The van der Waals surface area contributed by atoms with Crippen molar-refractivity contribution >= 4 is 0 Å². The Morgan fingerprint density at radius 2 is 2.25 bits per heavy atom. The van der Waals surface area contributed by atoms with Gasteiger partial charge in [-0.05, 0) is 18.9 Å². The molecule has 1 aliphatic rings. The summed E-state index contributed by atoms with van der Waals surface area (Å²) in [6, 6.07) is 0. The Balaban J connectivity index is 1.80.